The van der Waals surface area contributed by atoms with E-state index in [9.17, 15) is 0 Å². The first-order chi connectivity index (χ1) is 4.80. The molecule has 3 heteroatoms. The molecule has 0 unspecified atom stereocenters. The summed E-state index contributed by atoms with van der Waals surface area (Å²) in [7, 11) is 0. The van der Waals surface area contributed by atoms with Gasteiger partial charge in [0, 0.05) is 12.4 Å². The van der Waals surface area contributed by atoms with E-state index in [2.05, 4.69) is 0 Å². The SMILES string of the molecule is NC(=S)N1C=CC=CC=C1. The molecule has 0 saturated heterocycles. The molecule has 1 aliphatic rings. The standard InChI is InChI=1S/C7H8N2S/c8-7(10)9-5-3-1-2-4-6-9/h1-6H,(H2,8,10). The van der Waals surface area contributed by atoms with Crippen LogP contribution in [0.5, 0.6) is 0 Å². The molecule has 0 aliphatic carbocycles. The quantitative estimate of drug-likeness (QED) is 0.528. The van der Waals surface area contributed by atoms with Crippen LogP contribution in [-0.2, 0) is 0 Å². The van der Waals surface area contributed by atoms with E-state index < -0.39 is 0 Å². The van der Waals surface area contributed by atoms with E-state index in [4.69, 9.17) is 18.0 Å². The van der Waals surface area contributed by atoms with E-state index in [0.29, 0.717) is 5.11 Å². The summed E-state index contributed by atoms with van der Waals surface area (Å²) in [5.74, 6) is 0. The van der Waals surface area contributed by atoms with Gasteiger partial charge in [-0.25, -0.2) is 0 Å². The molecule has 0 bridgehead atoms. The summed E-state index contributed by atoms with van der Waals surface area (Å²) in [4.78, 5) is 1.68. The number of hydrogen-bond donors (Lipinski definition) is 1. The van der Waals surface area contributed by atoms with Gasteiger partial charge >= 0.3 is 0 Å². The topological polar surface area (TPSA) is 29.3 Å². The molecule has 0 spiro atoms. The van der Waals surface area contributed by atoms with Crippen LogP contribution in [0.1, 0.15) is 0 Å². The molecule has 1 heterocycles. The van der Waals surface area contributed by atoms with Crippen LogP contribution in [-0.4, -0.2) is 10.0 Å². The molecule has 52 valence electrons. The van der Waals surface area contributed by atoms with Crippen LogP contribution < -0.4 is 5.73 Å². The zero-order valence-electron chi connectivity index (χ0n) is 5.40. The zero-order chi connectivity index (χ0) is 7.40. The summed E-state index contributed by atoms with van der Waals surface area (Å²) in [6.45, 7) is 0. The van der Waals surface area contributed by atoms with Crippen molar-refractivity contribution >= 4 is 17.3 Å². The van der Waals surface area contributed by atoms with Gasteiger partial charge in [-0.05, 0) is 24.4 Å². The second kappa shape index (κ2) is 3.17. The minimum atomic E-state index is 0.358. The highest BCUT2D eigenvalue weighted by Gasteiger charge is 1.95. The lowest BCUT2D eigenvalue weighted by Gasteiger charge is -2.10. The maximum absolute atomic E-state index is 5.36. The number of rotatable bonds is 0. The van der Waals surface area contributed by atoms with Gasteiger partial charge in [0.1, 0.15) is 0 Å². The van der Waals surface area contributed by atoms with Crippen LogP contribution in [0.25, 0.3) is 0 Å². The minimum Gasteiger partial charge on any atom is -0.376 e. The number of hydrogen-bond acceptors (Lipinski definition) is 1. The highest BCUT2D eigenvalue weighted by molar-refractivity contribution is 7.80. The van der Waals surface area contributed by atoms with E-state index in [1.54, 1.807) is 4.90 Å². The molecule has 2 nitrogen and oxygen atoms in total. The van der Waals surface area contributed by atoms with Crippen LogP contribution in [0.15, 0.2) is 36.7 Å². The Bertz CT molecular complexity index is 200. The molecule has 0 aromatic heterocycles. The van der Waals surface area contributed by atoms with Gasteiger partial charge in [0.15, 0.2) is 5.11 Å². The number of allylic oxidation sites excluding steroid dienone is 4. The van der Waals surface area contributed by atoms with E-state index >= 15 is 0 Å². The number of thiocarbonyl (C=S) groups is 1. The fourth-order valence-electron chi connectivity index (χ4n) is 0.610. The average molecular weight is 152 g/mol. The van der Waals surface area contributed by atoms with Crippen LogP contribution in [0, 0.1) is 0 Å². The maximum Gasteiger partial charge on any atom is 0.174 e. The molecule has 0 fully saturated rings. The van der Waals surface area contributed by atoms with Crippen LogP contribution in [0.3, 0.4) is 0 Å². The third-order valence-corrected chi connectivity index (χ3v) is 1.29. The predicted octanol–water partition coefficient (Wildman–Crippen LogP) is 1.13. The molecule has 0 radical (unpaired) electrons. The summed E-state index contributed by atoms with van der Waals surface area (Å²) in [6, 6.07) is 0. The molecule has 0 atom stereocenters. The first-order valence-electron chi connectivity index (χ1n) is 2.90. The van der Waals surface area contributed by atoms with Gasteiger partial charge in [0.25, 0.3) is 0 Å². The Hall–Kier alpha value is -1.09. The summed E-state index contributed by atoms with van der Waals surface area (Å²) in [5, 5.41) is 0.358. The lowest BCUT2D eigenvalue weighted by molar-refractivity contribution is 0.767. The first-order valence-corrected chi connectivity index (χ1v) is 3.31. The molecular formula is C7H8N2S. The smallest absolute Gasteiger partial charge is 0.174 e. The normalized spacial score (nSPS) is 15.4. The second-order valence-corrected chi connectivity index (χ2v) is 2.23. The Labute approximate surface area is 65.3 Å². The van der Waals surface area contributed by atoms with E-state index in [0.717, 1.165) is 0 Å². The minimum absolute atomic E-state index is 0.358. The average Bonchev–Trinajstić information content (AvgIpc) is 2.12. The van der Waals surface area contributed by atoms with Crippen molar-refractivity contribution in [2.75, 3.05) is 0 Å². The van der Waals surface area contributed by atoms with Crippen LogP contribution in [0.2, 0.25) is 0 Å². The van der Waals surface area contributed by atoms with Crippen molar-refractivity contribution in [1.82, 2.24) is 4.90 Å². The van der Waals surface area contributed by atoms with Gasteiger partial charge in [-0.1, -0.05) is 12.2 Å². The van der Waals surface area contributed by atoms with Crippen LogP contribution >= 0.6 is 12.2 Å². The molecule has 0 aromatic carbocycles. The largest absolute Gasteiger partial charge is 0.376 e. The van der Waals surface area contributed by atoms with Crippen LogP contribution in [0.4, 0.5) is 0 Å². The van der Waals surface area contributed by atoms with Gasteiger partial charge in [0.2, 0.25) is 0 Å². The monoisotopic (exact) mass is 152 g/mol. The molecule has 0 amide bonds. The van der Waals surface area contributed by atoms with E-state index in [-0.39, 0.29) is 0 Å². The maximum atomic E-state index is 5.36. The molecule has 1 rings (SSSR count). The summed E-state index contributed by atoms with van der Waals surface area (Å²) >= 11 is 4.75. The van der Waals surface area contributed by atoms with Gasteiger partial charge in [-0.3, -0.25) is 0 Å². The van der Waals surface area contributed by atoms with Crippen molar-refractivity contribution in [3.8, 4) is 0 Å². The molecule has 10 heavy (non-hydrogen) atoms. The van der Waals surface area contributed by atoms with E-state index in [1.807, 2.05) is 36.7 Å². The van der Waals surface area contributed by atoms with Crippen molar-refractivity contribution in [3.63, 3.8) is 0 Å². The van der Waals surface area contributed by atoms with Gasteiger partial charge < -0.3 is 10.6 Å². The van der Waals surface area contributed by atoms with Crippen molar-refractivity contribution in [3.05, 3.63) is 36.7 Å². The summed E-state index contributed by atoms with van der Waals surface area (Å²) in [5.41, 5.74) is 5.36. The molecule has 0 aromatic rings. The van der Waals surface area contributed by atoms with Gasteiger partial charge in [-0.2, -0.15) is 0 Å². The lowest BCUT2D eigenvalue weighted by atomic mass is 10.5. The molecule has 2 N–H and O–H groups in total. The lowest BCUT2D eigenvalue weighted by Crippen LogP contribution is -2.25. The Morgan fingerprint density at radius 1 is 1.10 bits per heavy atom. The summed E-state index contributed by atoms with van der Waals surface area (Å²) < 4.78 is 0. The first kappa shape index (κ1) is 7.02. The predicted molar refractivity (Wildman–Crippen MR) is 46.0 cm³/mol. The van der Waals surface area contributed by atoms with Gasteiger partial charge in [0.05, 0.1) is 0 Å². The van der Waals surface area contributed by atoms with E-state index in [1.165, 1.54) is 0 Å². The zero-order valence-corrected chi connectivity index (χ0v) is 6.21. The Morgan fingerprint density at radius 2 is 1.60 bits per heavy atom. The highest BCUT2D eigenvalue weighted by atomic mass is 32.1. The van der Waals surface area contributed by atoms with Crippen molar-refractivity contribution in [2.45, 2.75) is 0 Å². The van der Waals surface area contributed by atoms with Crippen molar-refractivity contribution < 1.29 is 0 Å². The van der Waals surface area contributed by atoms with Crippen molar-refractivity contribution in [2.24, 2.45) is 5.73 Å². The third-order valence-electron chi connectivity index (χ3n) is 1.08. The molecular weight excluding hydrogens is 144 g/mol. The number of nitrogens with zero attached hydrogens (tertiary/aromatic N) is 1. The Balaban J connectivity index is 2.72. The molecule has 1 aliphatic heterocycles. The second-order valence-electron chi connectivity index (χ2n) is 1.81. The highest BCUT2D eigenvalue weighted by Crippen LogP contribution is 1.96. The Morgan fingerprint density at radius 3 is 2.00 bits per heavy atom. The van der Waals surface area contributed by atoms with Gasteiger partial charge in [-0.15, -0.1) is 0 Å². The fourth-order valence-corrected chi connectivity index (χ4v) is 0.731. The Kier molecular flexibility index (Phi) is 2.23. The summed E-state index contributed by atoms with van der Waals surface area (Å²) in [6.07, 6.45) is 11.2. The fraction of sp³-hybridized carbons (Fsp3) is 0. The van der Waals surface area contributed by atoms with Crippen molar-refractivity contribution in [1.29, 1.82) is 0 Å². The number of nitrogens with two attached hydrogens (primary N) is 1. The molecule has 0 saturated carbocycles. The third kappa shape index (κ3) is 1.70.